The van der Waals surface area contributed by atoms with Gasteiger partial charge in [-0.25, -0.2) is 0 Å². The molecule has 4 nitrogen and oxygen atoms in total. The molecule has 0 spiro atoms. The third-order valence-electron chi connectivity index (χ3n) is 4.71. The van der Waals surface area contributed by atoms with E-state index in [4.69, 9.17) is 18.9 Å². The van der Waals surface area contributed by atoms with Crippen LogP contribution in [0.2, 0.25) is 0 Å². The van der Waals surface area contributed by atoms with Gasteiger partial charge in [0.25, 0.3) is 0 Å². The van der Waals surface area contributed by atoms with Crippen LogP contribution in [0.1, 0.15) is 52.6 Å². The van der Waals surface area contributed by atoms with Crippen molar-refractivity contribution < 1.29 is 18.9 Å². The van der Waals surface area contributed by atoms with Crippen LogP contribution in [-0.4, -0.2) is 20.3 Å². The maximum absolute atomic E-state index is 5.95. The predicted octanol–water partition coefficient (Wildman–Crippen LogP) is 3.39. The lowest BCUT2D eigenvalue weighted by Gasteiger charge is -2.22. The first-order valence-corrected chi connectivity index (χ1v) is 8.20. The number of ether oxygens (including phenoxy) is 4. The summed E-state index contributed by atoms with van der Waals surface area (Å²) in [5, 5.41) is 0. The zero-order valence-electron chi connectivity index (χ0n) is 13.7. The van der Waals surface area contributed by atoms with E-state index < -0.39 is 0 Å². The van der Waals surface area contributed by atoms with Crippen LogP contribution >= 0.6 is 0 Å². The minimum Gasteiger partial charge on any atom is -0.380 e. The minimum absolute atomic E-state index is 0.603. The molecule has 4 heteroatoms. The van der Waals surface area contributed by atoms with Gasteiger partial charge >= 0.3 is 0 Å². The van der Waals surface area contributed by atoms with E-state index >= 15 is 0 Å². The van der Waals surface area contributed by atoms with Crippen LogP contribution in [0, 0.1) is 6.92 Å². The van der Waals surface area contributed by atoms with Gasteiger partial charge in [0.15, 0.2) is 0 Å². The predicted molar refractivity (Wildman–Crippen MR) is 83.5 cm³/mol. The molecule has 0 amide bonds. The molecule has 0 radical (unpaired) electrons. The van der Waals surface area contributed by atoms with Gasteiger partial charge in [-0.3, -0.25) is 0 Å². The molecule has 2 heterocycles. The van der Waals surface area contributed by atoms with E-state index in [2.05, 4.69) is 6.92 Å². The van der Waals surface area contributed by atoms with E-state index in [9.17, 15) is 0 Å². The Labute approximate surface area is 132 Å². The lowest BCUT2D eigenvalue weighted by Crippen LogP contribution is -2.13. The summed E-state index contributed by atoms with van der Waals surface area (Å²) in [6.45, 7) is 7.11. The second-order valence-corrected chi connectivity index (χ2v) is 6.11. The van der Waals surface area contributed by atoms with Crippen LogP contribution in [-0.2, 0) is 52.0 Å². The lowest BCUT2D eigenvalue weighted by atomic mass is 9.89. The van der Waals surface area contributed by atoms with Crippen molar-refractivity contribution in [3.05, 3.63) is 33.4 Å². The van der Waals surface area contributed by atoms with Crippen molar-refractivity contribution >= 4 is 0 Å². The van der Waals surface area contributed by atoms with Crippen LogP contribution in [0.3, 0.4) is 0 Å². The van der Waals surface area contributed by atoms with Gasteiger partial charge in [0, 0.05) is 20.3 Å². The van der Waals surface area contributed by atoms with Crippen LogP contribution in [0.25, 0.3) is 0 Å². The Kier molecular flexibility index (Phi) is 5.47. The first-order chi connectivity index (χ1) is 10.8. The van der Waals surface area contributed by atoms with E-state index in [0.29, 0.717) is 33.0 Å². The fourth-order valence-electron chi connectivity index (χ4n) is 3.43. The summed E-state index contributed by atoms with van der Waals surface area (Å²) in [4.78, 5) is 0. The topological polar surface area (TPSA) is 36.9 Å². The molecule has 0 saturated heterocycles. The molecular formula is C18H26O4. The maximum Gasteiger partial charge on any atom is 0.0728 e. The van der Waals surface area contributed by atoms with E-state index in [-0.39, 0.29) is 0 Å². The molecule has 0 aromatic heterocycles. The fourth-order valence-corrected chi connectivity index (χ4v) is 3.43. The smallest absolute Gasteiger partial charge is 0.0728 e. The van der Waals surface area contributed by atoms with Gasteiger partial charge in [-0.1, -0.05) is 0 Å². The quantitative estimate of drug-likeness (QED) is 0.839. The summed E-state index contributed by atoms with van der Waals surface area (Å²) in [7, 11) is 1.75. The molecule has 0 saturated carbocycles. The highest BCUT2D eigenvalue weighted by molar-refractivity contribution is 5.52. The molecule has 0 unspecified atom stereocenters. The Balaban J connectivity index is 2.04. The van der Waals surface area contributed by atoms with Gasteiger partial charge in [0.2, 0.25) is 0 Å². The molecule has 0 atom stereocenters. The molecule has 1 aromatic rings. The third kappa shape index (κ3) is 3.20. The second-order valence-electron chi connectivity index (χ2n) is 6.11. The van der Waals surface area contributed by atoms with Crippen molar-refractivity contribution in [2.24, 2.45) is 0 Å². The number of rotatable bonds is 2. The van der Waals surface area contributed by atoms with Crippen molar-refractivity contribution in [3.8, 4) is 0 Å². The average molecular weight is 306 g/mol. The van der Waals surface area contributed by atoms with Crippen molar-refractivity contribution in [1.82, 2.24) is 0 Å². The Bertz CT molecular complexity index is 525. The van der Waals surface area contributed by atoms with Gasteiger partial charge in [-0.15, -0.1) is 0 Å². The van der Waals surface area contributed by atoms with E-state index in [0.717, 1.165) is 26.1 Å². The van der Waals surface area contributed by atoms with Gasteiger partial charge in [0.1, 0.15) is 0 Å². The van der Waals surface area contributed by atoms with E-state index in [1.165, 1.54) is 39.8 Å². The van der Waals surface area contributed by atoms with Crippen molar-refractivity contribution in [2.75, 3.05) is 20.3 Å². The third-order valence-corrected chi connectivity index (χ3v) is 4.71. The molecule has 0 aliphatic carbocycles. The molecule has 122 valence electrons. The number of fused-ring (bicyclic) bond motifs is 4. The molecule has 2 aliphatic heterocycles. The van der Waals surface area contributed by atoms with Gasteiger partial charge in [-0.05, 0) is 59.6 Å². The standard InChI is InChI=1S/C18H26O4/c1-13-14-9-20-6-4-3-5-7-21-11-18(16(14)8-19-2)17-12-22-10-15(13)17/h3-12H2,1-2H3. The summed E-state index contributed by atoms with van der Waals surface area (Å²) in [6.07, 6.45) is 3.36. The molecule has 22 heavy (non-hydrogen) atoms. The van der Waals surface area contributed by atoms with Gasteiger partial charge < -0.3 is 18.9 Å². The highest BCUT2D eigenvalue weighted by atomic mass is 16.5. The first-order valence-electron chi connectivity index (χ1n) is 8.20. The van der Waals surface area contributed by atoms with Gasteiger partial charge in [-0.2, -0.15) is 0 Å². The highest BCUT2D eigenvalue weighted by Gasteiger charge is 2.25. The summed E-state index contributed by atoms with van der Waals surface area (Å²) in [5.41, 5.74) is 7.72. The Morgan fingerprint density at radius 3 is 2.14 bits per heavy atom. The van der Waals surface area contributed by atoms with Crippen molar-refractivity contribution in [2.45, 2.75) is 59.2 Å². The van der Waals surface area contributed by atoms with Gasteiger partial charge in [0.05, 0.1) is 33.0 Å². The number of methoxy groups -OCH3 is 1. The molecular weight excluding hydrogens is 280 g/mol. The molecule has 0 fully saturated rings. The molecule has 2 bridgehead atoms. The molecule has 1 aromatic carbocycles. The largest absolute Gasteiger partial charge is 0.380 e. The van der Waals surface area contributed by atoms with Crippen molar-refractivity contribution in [3.63, 3.8) is 0 Å². The summed E-state index contributed by atoms with van der Waals surface area (Å²) in [5.74, 6) is 0. The average Bonchev–Trinajstić information content (AvgIpc) is 2.99. The van der Waals surface area contributed by atoms with E-state index in [1.54, 1.807) is 7.11 Å². The number of benzene rings is 1. The maximum atomic E-state index is 5.95. The number of hydrogen-bond donors (Lipinski definition) is 0. The SMILES string of the molecule is COCc1c2c(C)c3c(c1COCCCCCOC2)COC3. The van der Waals surface area contributed by atoms with Crippen LogP contribution in [0.4, 0.5) is 0 Å². The van der Waals surface area contributed by atoms with Crippen LogP contribution in [0.5, 0.6) is 0 Å². The lowest BCUT2D eigenvalue weighted by molar-refractivity contribution is 0.0922. The minimum atomic E-state index is 0.603. The summed E-state index contributed by atoms with van der Waals surface area (Å²) >= 11 is 0. The molecule has 3 rings (SSSR count). The molecule has 2 aliphatic rings. The summed E-state index contributed by atoms with van der Waals surface area (Å²) in [6, 6.07) is 0. The zero-order valence-corrected chi connectivity index (χ0v) is 13.7. The van der Waals surface area contributed by atoms with E-state index in [1.807, 2.05) is 0 Å². The Hall–Kier alpha value is -0.940. The zero-order chi connectivity index (χ0) is 15.4. The first kappa shape index (κ1) is 15.9. The highest BCUT2D eigenvalue weighted by Crippen LogP contribution is 2.34. The number of hydrogen-bond acceptors (Lipinski definition) is 4. The van der Waals surface area contributed by atoms with Crippen LogP contribution < -0.4 is 0 Å². The Morgan fingerprint density at radius 2 is 1.41 bits per heavy atom. The van der Waals surface area contributed by atoms with Crippen LogP contribution in [0.15, 0.2) is 0 Å². The molecule has 0 N–H and O–H groups in total. The van der Waals surface area contributed by atoms with Crippen molar-refractivity contribution in [1.29, 1.82) is 0 Å². The normalized spacial score (nSPS) is 19.4. The monoisotopic (exact) mass is 306 g/mol. The Morgan fingerprint density at radius 1 is 0.773 bits per heavy atom. The summed E-state index contributed by atoms with van der Waals surface area (Å²) < 4.78 is 23.1. The second kappa shape index (κ2) is 7.55. The fraction of sp³-hybridized carbons (Fsp3) is 0.667.